The fourth-order valence-electron chi connectivity index (χ4n) is 3.77. The van der Waals surface area contributed by atoms with Crippen LogP contribution < -0.4 is 5.32 Å². The van der Waals surface area contributed by atoms with Crippen molar-refractivity contribution in [1.82, 2.24) is 10.2 Å². The second kappa shape index (κ2) is 7.62. The minimum atomic E-state index is -0.166. The van der Waals surface area contributed by atoms with Crippen molar-refractivity contribution in [2.24, 2.45) is 5.92 Å². The molecular weight excluding hydrogens is 288 g/mol. The van der Waals surface area contributed by atoms with Gasteiger partial charge in [0.15, 0.2) is 0 Å². The second-order valence-electron chi connectivity index (χ2n) is 6.77. The number of hydrogen-bond donors (Lipinski definition) is 1. The molecule has 1 atom stereocenters. The quantitative estimate of drug-likeness (QED) is 0.908. The van der Waals surface area contributed by atoms with Gasteiger partial charge in [0.2, 0.25) is 11.8 Å². The smallest absolute Gasteiger partial charge is 0.225 e. The standard InChI is InChI=1S/C19H26N2O2/c22-18-13-16(14-21(18)17-9-5-2-6-10-17)19(23)20-12-11-15-7-3-1-4-8-15/h1,3-4,7-8,16-17H,2,5-6,9-14H2,(H,20,23)/t16-/m1/s1. The second-order valence-corrected chi connectivity index (χ2v) is 6.77. The average Bonchev–Trinajstić information content (AvgIpc) is 2.98. The van der Waals surface area contributed by atoms with E-state index in [2.05, 4.69) is 17.4 Å². The molecular formula is C19H26N2O2. The summed E-state index contributed by atoms with van der Waals surface area (Å²) in [6, 6.07) is 10.5. The molecule has 0 aromatic heterocycles. The Balaban J connectivity index is 1.45. The number of carbonyl (C=O) groups excluding carboxylic acids is 2. The molecule has 1 aromatic rings. The molecule has 0 unspecified atom stereocenters. The molecule has 1 saturated carbocycles. The highest BCUT2D eigenvalue weighted by Gasteiger charge is 2.37. The molecule has 124 valence electrons. The van der Waals surface area contributed by atoms with Gasteiger partial charge >= 0.3 is 0 Å². The fraction of sp³-hybridized carbons (Fsp3) is 0.579. The summed E-state index contributed by atoms with van der Waals surface area (Å²) in [6.07, 6.45) is 7.13. The van der Waals surface area contributed by atoms with Crippen LogP contribution in [-0.4, -0.2) is 35.8 Å². The van der Waals surface area contributed by atoms with E-state index in [0.717, 1.165) is 19.3 Å². The highest BCUT2D eigenvalue weighted by atomic mass is 16.2. The Bertz CT molecular complexity index is 538. The van der Waals surface area contributed by atoms with E-state index in [0.29, 0.717) is 25.6 Å². The SMILES string of the molecule is O=C(NCCc1ccccc1)[C@@H]1CC(=O)N(C2CCCCC2)C1. The van der Waals surface area contributed by atoms with Crippen LogP contribution >= 0.6 is 0 Å². The Hall–Kier alpha value is -1.84. The first-order chi connectivity index (χ1) is 11.2. The maximum Gasteiger partial charge on any atom is 0.225 e. The van der Waals surface area contributed by atoms with Gasteiger partial charge in [0.25, 0.3) is 0 Å². The number of amides is 2. The summed E-state index contributed by atoms with van der Waals surface area (Å²) < 4.78 is 0. The normalized spacial score (nSPS) is 22.3. The monoisotopic (exact) mass is 314 g/mol. The summed E-state index contributed by atoms with van der Waals surface area (Å²) in [7, 11) is 0. The molecule has 1 aliphatic carbocycles. The Labute approximate surface area is 138 Å². The zero-order valence-corrected chi connectivity index (χ0v) is 13.7. The summed E-state index contributed by atoms with van der Waals surface area (Å²) >= 11 is 0. The van der Waals surface area contributed by atoms with Crippen molar-refractivity contribution in [1.29, 1.82) is 0 Å². The van der Waals surface area contributed by atoms with Crippen LogP contribution in [0.3, 0.4) is 0 Å². The number of carbonyl (C=O) groups is 2. The lowest BCUT2D eigenvalue weighted by atomic mass is 9.94. The first-order valence-electron chi connectivity index (χ1n) is 8.85. The maximum absolute atomic E-state index is 12.3. The molecule has 1 aliphatic heterocycles. The van der Waals surface area contributed by atoms with Crippen LogP contribution in [0.25, 0.3) is 0 Å². The van der Waals surface area contributed by atoms with Crippen molar-refractivity contribution < 1.29 is 9.59 Å². The van der Waals surface area contributed by atoms with Crippen LogP contribution in [0.4, 0.5) is 0 Å². The van der Waals surface area contributed by atoms with Crippen LogP contribution in [0, 0.1) is 5.92 Å². The minimum absolute atomic E-state index is 0.0348. The highest BCUT2D eigenvalue weighted by Crippen LogP contribution is 2.28. The van der Waals surface area contributed by atoms with Crippen LogP contribution in [0.15, 0.2) is 30.3 Å². The predicted octanol–water partition coefficient (Wildman–Crippen LogP) is 2.53. The molecule has 4 heteroatoms. The molecule has 2 aliphatic rings. The average molecular weight is 314 g/mol. The Morgan fingerprint density at radius 2 is 1.87 bits per heavy atom. The summed E-state index contributed by atoms with van der Waals surface area (Å²) in [6.45, 7) is 1.25. The van der Waals surface area contributed by atoms with E-state index >= 15 is 0 Å². The molecule has 3 rings (SSSR count). The third kappa shape index (κ3) is 4.12. The third-order valence-corrected chi connectivity index (χ3v) is 5.10. The fourth-order valence-corrected chi connectivity index (χ4v) is 3.77. The number of benzene rings is 1. The lowest BCUT2D eigenvalue weighted by Gasteiger charge is -2.31. The third-order valence-electron chi connectivity index (χ3n) is 5.10. The number of likely N-dealkylation sites (tertiary alicyclic amines) is 1. The first-order valence-corrected chi connectivity index (χ1v) is 8.85. The van der Waals surface area contributed by atoms with Crippen molar-refractivity contribution in [3.8, 4) is 0 Å². The van der Waals surface area contributed by atoms with Gasteiger partial charge in [-0.1, -0.05) is 49.6 Å². The lowest BCUT2D eigenvalue weighted by Crippen LogP contribution is -2.39. The molecule has 4 nitrogen and oxygen atoms in total. The molecule has 0 spiro atoms. The zero-order chi connectivity index (χ0) is 16.1. The van der Waals surface area contributed by atoms with Crippen molar-refractivity contribution in [3.05, 3.63) is 35.9 Å². The van der Waals surface area contributed by atoms with Gasteiger partial charge in [-0.3, -0.25) is 9.59 Å². The van der Waals surface area contributed by atoms with E-state index in [1.807, 2.05) is 23.1 Å². The lowest BCUT2D eigenvalue weighted by molar-refractivity contribution is -0.130. The molecule has 0 radical (unpaired) electrons. The van der Waals surface area contributed by atoms with Gasteiger partial charge in [-0.25, -0.2) is 0 Å². The molecule has 23 heavy (non-hydrogen) atoms. The van der Waals surface area contributed by atoms with Gasteiger partial charge < -0.3 is 10.2 Å². The molecule has 1 saturated heterocycles. The van der Waals surface area contributed by atoms with Gasteiger partial charge in [0, 0.05) is 25.6 Å². The van der Waals surface area contributed by atoms with Gasteiger partial charge in [-0.2, -0.15) is 0 Å². The molecule has 2 fully saturated rings. The largest absolute Gasteiger partial charge is 0.355 e. The van der Waals surface area contributed by atoms with E-state index in [9.17, 15) is 9.59 Å². The van der Waals surface area contributed by atoms with Crippen LogP contribution in [0.1, 0.15) is 44.1 Å². The Morgan fingerprint density at radius 1 is 1.13 bits per heavy atom. The number of rotatable bonds is 5. The molecule has 1 aromatic carbocycles. The minimum Gasteiger partial charge on any atom is -0.355 e. The topological polar surface area (TPSA) is 49.4 Å². The maximum atomic E-state index is 12.3. The molecule has 0 bridgehead atoms. The van der Waals surface area contributed by atoms with E-state index in [1.165, 1.54) is 24.8 Å². The summed E-state index contributed by atoms with van der Waals surface area (Å²) in [5, 5.41) is 3.00. The Morgan fingerprint density at radius 3 is 2.61 bits per heavy atom. The van der Waals surface area contributed by atoms with E-state index < -0.39 is 0 Å². The van der Waals surface area contributed by atoms with Crippen LogP contribution in [0.2, 0.25) is 0 Å². The van der Waals surface area contributed by atoms with Crippen molar-refractivity contribution in [3.63, 3.8) is 0 Å². The van der Waals surface area contributed by atoms with Gasteiger partial charge in [0.1, 0.15) is 0 Å². The van der Waals surface area contributed by atoms with Crippen molar-refractivity contribution >= 4 is 11.8 Å². The van der Waals surface area contributed by atoms with Crippen LogP contribution in [-0.2, 0) is 16.0 Å². The first kappa shape index (κ1) is 16.0. The highest BCUT2D eigenvalue weighted by molar-refractivity contribution is 5.89. The van der Waals surface area contributed by atoms with E-state index in [4.69, 9.17) is 0 Å². The van der Waals surface area contributed by atoms with Gasteiger partial charge in [0.05, 0.1) is 5.92 Å². The van der Waals surface area contributed by atoms with E-state index in [-0.39, 0.29) is 17.7 Å². The molecule has 2 amide bonds. The summed E-state index contributed by atoms with van der Waals surface area (Å²) in [4.78, 5) is 26.5. The molecule has 1 N–H and O–H groups in total. The zero-order valence-electron chi connectivity index (χ0n) is 13.7. The molecule has 1 heterocycles. The number of hydrogen-bond acceptors (Lipinski definition) is 2. The number of nitrogens with one attached hydrogen (secondary N) is 1. The van der Waals surface area contributed by atoms with E-state index in [1.54, 1.807) is 0 Å². The summed E-state index contributed by atoms with van der Waals surface area (Å²) in [5.41, 5.74) is 1.22. The van der Waals surface area contributed by atoms with Crippen molar-refractivity contribution in [2.45, 2.75) is 51.0 Å². The number of nitrogens with zero attached hydrogens (tertiary/aromatic N) is 1. The van der Waals surface area contributed by atoms with Crippen LogP contribution in [0.5, 0.6) is 0 Å². The van der Waals surface area contributed by atoms with Crippen molar-refractivity contribution in [2.75, 3.05) is 13.1 Å². The predicted molar refractivity (Wildman–Crippen MR) is 89.8 cm³/mol. The van der Waals surface area contributed by atoms with Gasteiger partial charge in [-0.05, 0) is 24.8 Å². The Kier molecular flexibility index (Phi) is 5.31. The van der Waals surface area contributed by atoms with Gasteiger partial charge in [-0.15, -0.1) is 0 Å². The summed E-state index contributed by atoms with van der Waals surface area (Å²) in [5.74, 6) is 0.0351.